The molecule has 22 heteroatoms. The van der Waals surface area contributed by atoms with E-state index in [0.29, 0.717) is 89.6 Å². The molecular formula is C49H58N14O8. The highest BCUT2D eigenvalue weighted by Crippen LogP contribution is 2.33. The first-order chi connectivity index (χ1) is 34.2. The summed E-state index contributed by atoms with van der Waals surface area (Å²) in [6, 6.07) is 9.45. The quantitative estimate of drug-likeness (QED) is 0.0666. The number of aromatic nitrogens is 8. The molecule has 0 bridgehead atoms. The highest BCUT2D eigenvalue weighted by atomic mass is 16.6. The molecule has 6 heterocycles. The number of carbonyl (C=O) groups is 5. The smallest absolute Gasteiger partial charge is 0.410 e. The monoisotopic (exact) mass is 970 g/mol. The molecule has 2 aliphatic rings. The molecule has 0 aliphatic carbocycles. The number of ether oxygens (including phenoxy) is 3. The Morgan fingerprint density at radius 2 is 1.25 bits per heavy atom. The third-order valence-corrected chi connectivity index (χ3v) is 12.4. The number of methoxy groups -OCH3 is 1. The maximum Gasteiger partial charge on any atom is 0.410 e. The summed E-state index contributed by atoms with van der Waals surface area (Å²) in [5.74, 6) is 5.00. The summed E-state index contributed by atoms with van der Waals surface area (Å²) in [6.07, 6.45) is 6.28. The van der Waals surface area contributed by atoms with Gasteiger partial charge in [0.15, 0.2) is 0 Å². The standard InChI is InChI=1S/C49H58N14O8/c1-6-62-37(23-29(3)57-62)45(66)55-47-53-35-25-32(43(50)64)27-39(69-5)41(35)60(47)18-8-9-19-61-42-36(54-48(61)56-46(67)38-24-30(4)58-63(38)7-2)26-33(44(51)65)28-40(42)70-22-10-11-31-14-20-59(21-15-31)49(68)71-34-12-16-52-17-13-34/h8-9,23-28,31,34,52H,6-7,12-22H2,1-5H3,(H2,50,64)(H2,51,65)(H,53,55,66)(H,54,56,67)/b9-8+. The molecule has 2 aromatic carbocycles. The van der Waals surface area contributed by atoms with Gasteiger partial charge >= 0.3 is 6.09 Å². The van der Waals surface area contributed by atoms with Gasteiger partial charge < -0.3 is 45.0 Å². The highest BCUT2D eigenvalue weighted by molar-refractivity contribution is 6.05. The van der Waals surface area contributed by atoms with Crippen LogP contribution in [0.4, 0.5) is 16.7 Å². The van der Waals surface area contributed by atoms with Gasteiger partial charge in [0.05, 0.1) is 29.5 Å². The van der Waals surface area contributed by atoms with Crippen molar-refractivity contribution < 1.29 is 38.2 Å². The summed E-state index contributed by atoms with van der Waals surface area (Å²) in [6.45, 7) is 11.2. The number of hydrogen-bond donors (Lipinski definition) is 5. The molecule has 4 aromatic heterocycles. The zero-order chi connectivity index (χ0) is 50.3. The molecular weight excluding hydrogens is 913 g/mol. The van der Waals surface area contributed by atoms with E-state index in [1.807, 2.05) is 26.0 Å². The molecule has 0 saturated carbocycles. The number of amides is 5. The zero-order valence-corrected chi connectivity index (χ0v) is 40.4. The van der Waals surface area contributed by atoms with Crippen LogP contribution in [0.5, 0.6) is 11.5 Å². The SMILES string of the molecule is CCn1nc(C)cc1C(=O)Nc1nc2cc(C(N)=O)cc(OC)c2n1C/C=C/Cn1c(NC(=O)c2cc(C)nn2CC)nc2cc(C(N)=O)cc(OCC#CC3CCN(C(=O)OC4CCNCC4)CC3)c21. The maximum atomic E-state index is 13.9. The second-order valence-electron chi connectivity index (χ2n) is 17.3. The number of benzene rings is 2. The lowest BCUT2D eigenvalue weighted by molar-refractivity contribution is 0.0428. The second kappa shape index (κ2) is 21.6. The molecule has 0 radical (unpaired) electrons. The molecule has 0 unspecified atom stereocenters. The molecule has 5 amide bonds. The number of likely N-dealkylation sites (tertiary alicyclic amines) is 1. The number of imidazole rings is 2. The molecule has 372 valence electrons. The normalized spacial score (nSPS) is 14.4. The van der Waals surface area contributed by atoms with Crippen LogP contribution in [0.3, 0.4) is 0 Å². The van der Waals surface area contributed by atoms with Crippen molar-refractivity contribution in [2.45, 2.75) is 85.7 Å². The zero-order valence-electron chi connectivity index (χ0n) is 40.4. The van der Waals surface area contributed by atoms with Gasteiger partial charge in [0.1, 0.15) is 46.6 Å². The number of aryl methyl sites for hydroxylation is 4. The Morgan fingerprint density at radius 3 is 1.75 bits per heavy atom. The summed E-state index contributed by atoms with van der Waals surface area (Å²) in [5.41, 5.74) is 15.4. The van der Waals surface area contributed by atoms with Gasteiger partial charge in [0.2, 0.25) is 23.7 Å². The summed E-state index contributed by atoms with van der Waals surface area (Å²) in [7, 11) is 1.46. The number of nitrogens with zero attached hydrogens (tertiary/aromatic N) is 9. The molecule has 2 saturated heterocycles. The van der Waals surface area contributed by atoms with Crippen molar-refractivity contribution in [1.29, 1.82) is 0 Å². The topological polar surface area (TPSA) is 276 Å². The maximum absolute atomic E-state index is 13.9. The van der Waals surface area contributed by atoms with Crippen molar-refractivity contribution in [1.82, 2.24) is 48.9 Å². The van der Waals surface area contributed by atoms with Crippen molar-refractivity contribution >= 4 is 63.7 Å². The minimum atomic E-state index is -0.709. The fraction of sp³-hybridized carbons (Fsp3) is 0.408. The molecule has 2 fully saturated rings. The van der Waals surface area contributed by atoms with Crippen molar-refractivity contribution in [2.24, 2.45) is 17.4 Å². The van der Waals surface area contributed by atoms with Crippen LogP contribution in [0, 0.1) is 31.6 Å². The molecule has 0 spiro atoms. The summed E-state index contributed by atoms with van der Waals surface area (Å²) >= 11 is 0. The van der Waals surface area contributed by atoms with Gasteiger partial charge in [-0.25, -0.2) is 14.8 Å². The summed E-state index contributed by atoms with van der Waals surface area (Å²) < 4.78 is 24.4. The van der Waals surface area contributed by atoms with E-state index < -0.39 is 23.6 Å². The average molecular weight is 971 g/mol. The van der Waals surface area contributed by atoms with E-state index in [4.69, 9.17) is 35.6 Å². The van der Waals surface area contributed by atoms with E-state index in [0.717, 1.165) is 25.9 Å². The van der Waals surface area contributed by atoms with Crippen LogP contribution in [0.25, 0.3) is 22.1 Å². The number of piperidine rings is 2. The minimum absolute atomic E-state index is 0.0341. The van der Waals surface area contributed by atoms with Crippen LogP contribution in [-0.4, -0.2) is 119 Å². The van der Waals surface area contributed by atoms with Crippen LogP contribution in [0.2, 0.25) is 0 Å². The molecule has 2 aliphatic heterocycles. The van der Waals surface area contributed by atoms with E-state index in [2.05, 4.69) is 38.0 Å². The van der Waals surface area contributed by atoms with Gasteiger partial charge in [-0.15, -0.1) is 0 Å². The Hall–Kier alpha value is -8.19. The molecule has 8 rings (SSSR count). The van der Waals surface area contributed by atoms with Crippen LogP contribution in [-0.2, 0) is 30.9 Å². The molecule has 7 N–H and O–H groups in total. The van der Waals surface area contributed by atoms with E-state index in [1.165, 1.54) is 31.4 Å². The predicted molar refractivity (Wildman–Crippen MR) is 263 cm³/mol. The molecule has 71 heavy (non-hydrogen) atoms. The molecule has 0 atom stereocenters. The van der Waals surface area contributed by atoms with Gasteiger partial charge in [-0.2, -0.15) is 10.2 Å². The number of carbonyl (C=O) groups excluding carboxylic acids is 5. The van der Waals surface area contributed by atoms with Crippen molar-refractivity contribution in [3.8, 4) is 23.3 Å². The van der Waals surface area contributed by atoms with E-state index >= 15 is 0 Å². The van der Waals surface area contributed by atoms with Crippen LogP contribution in [0.15, 0.2) is 48.6 Å². The van der Waals surface area contributed by atoms with Gasteiger partial charge in [-0.3, -0.25) is 39.2 Å². The number of anilines is 2. The summed E-state index contributed by atoms with van der Waals surface area (Å²) in [5, 5.41) is 18.0. The number of hydrogen-bond acceptors (Lipinski definition) is 13. The van der Waals surface area contributed by atoms with E-state index in [1.54, 1.807) is 49.4 Å². The summed E-state index contributed by atoms with van der Waals surface area (Å²) in [4.78, 5) is 76.7. The van der Waals surface area contributed by atoms with Crippen LogP contribution >= 0.6 is 0 Å². The minimum Gasteiger partial charge on any atom is -0.494 e. The Labute approximate surface area is 409 Å². The number of primary amides is 2. The average Bonchev–Trinajstić information content (AvgIpc) is 4.13. The van der Waals surface area contributed by atoms with Gasteiger partial charge in [0, 0.05) is 56.3 Å². The van der Waals surface area contributed by atoms with Crippen molar-refractivity contribution in [3.63, 3.8) is 0 Å². The number of rotatable bonds is 16. The lowest BCUT2D eigenvalue weighted by Crippen LogP contribution is -2.42. The molecule has 22 nitrogen and oxygen atoms in total. The number of allylic oxidation sites excluding steroid dienone is 2. The first-order valence-electron chi connectivity index (χ1n) is 23.6. The largest absolute Gasteiger partial charge is 0.494 e. The van der Waals surface area contributed by atoms with Gasteiger partial charge in [-0.05, 0) is 103 Å². The number of nitrogens with one attached hydrogen (secondary N) is 3. The number of nitrogens with two attached hydrogens (primary N) is 2. The third kappa shape index (κ3) is 11.0. The first-order valence-corrected chi connectivity index (χ1v) is 23.6. The fourth-order valence-electron chi connectivity index (χ4n) is 8.82. The third-order valence-electron chi connectivity index (χ3n) is 12.4. The highest BCUT2D eigenvalue weighted by Gasteiger charge is 2.27. The molecule has 6 aromatic rings. The predicted octanol–water partition coefficient (Wildman–Crippen LogP) is 4.39. The second-order valence-corrected chi connectivity index (χ2v) is 17.3. The van der Waals surface area contributed by atoms with E-state index in [9.17, 15) is 24.0 Å². The number of fused-ring (bicyclic) bond motifs is 2. The Balaban J connectivity index is 1.09. The Kier molecular flexibility index (Phi) is 15.0. The lowest BCUT2D eigenvalue weighted by Gasteiger charge is -2.31. The fourth-order valence-corrected chi connectivity index (χ4v) is 8.82. The van der Waals surface area contributed by atoms with Crippen LogP contribution in [0.1, 0.15) is 92.6 Å². The van der Waals surface area contributed by atoms with Crippen molar-refractivity contribution in [3.05, 3.63) is 82.5 Å². The Morgan fingerprint density at radius 1 is 0.746 bits per heavy atom. The van der Waals surface area contributed by atoms with Crippen molar-refractivity contribution in [2.75, 3.05) is 50.5 Å². The van der Waals surface area contributed by atoms with Crippen LogP contribution < -0.4 is 36.9 Å². The van der Waals surface area contributed by atoms with Gasteiger partial charge in [-0.1, -0.05) is 24.0 Å². The lowest BCUT2D eigenvalue weighted by atomic mass is 9.98. The van der Waals surface area contributed by atoms with Gasteiger partial charge in [0.25, 0.3) is 11.8 Å². The van der Waals surface area contributed by atoms with E-state index in [-0.39, 0.29) is 66.6 Å². The first kappa shape index (κ1) is 49.2. The Bertz CT molecular complexity index is 3100.